The van der Waals surface area contributed by atoms with E-state index < -0.39 is 0 Å². The lowest BCUT2D eigenvalue weighted by atomic mass is 9.86. The quantitative estimate of drug-likeness (QED) is 0.533. The molecule has 0 aromatic rings. The van der Waals surface area contributed by atoms with Crippen molar-refractivity contribution in [2.75, 3.05) is 19.7 Å². The highest BCUT2D eigenvalue weighted by molar-refractivity contribution is 4.69. The van der Waals surface area contributed by atoms with E-state index in [-0.39, 0.29) is 5.41 Å². The van der Waals surface area contributed by atoms with E-state index in [9.17, 15) is 0 Å². The van der Waals surface area contributed by atoms with E-state index in [1.54, 1.807) is 0 Å². The summed E-state index contributed by atoms with van der Waals surface area (Å²) in [6.07, 6.45) is 8.81. The molecule has 0 radical (unpaired) electrons. The van der Waals surface area contributed by atoms with E-state index in [2.05, 4.69) is 26.1 Å². The maximum absolute atomic E-state index is 8.90. The summed E-state index contributed by atoms with van der Waals surface area (Å²) in [6.45, 7) is 9.25. The summed E-state index contributed by atoms with van der Waals surface area (Å²) >= 11 is 0. The molecule has 2 heteroatoms. The van der Waals surface area contributed by atoms with Crippen molar-refractivity contribution in [2.45, 2.75) is 65.7 Å². The lowest BCUT2D eigenvalue weighted by Crippen LogP contribution is -2.24. The van der Waals surface area contributed by atoms with Crippen molar-refractivity contribution in [3.63, 3.8) is 0 Å². The molecule has 0 saturated heterocycles. The zero-order valence-electron chi connectivity index (χ0n) is 11.5. The fraction of sp³-hybridized carbons (Fsp3) is 1.00. The summed E-state index contributed by atoms with van der Waals surface area (Å²) in [5, 5.41) is 12.4. The fourth-order valence-electron chi connectivity index (χ4n) is 1.83. The Morgan fingerprint density at radius 3 is 2.25 bits per heavy atom. The summed E-state index contributed by atoms with van der Waals surface area (Å²) in [5.74, 6) is 0. The Kier molecular flexibility index (Phi) is 10.0. The molecule has 0 spiro atoms. The van der Waals surface area contributed by atoms with Crippen LogP contribution in [0.4, 0.5) is 0 Å². The topological polar surface area (TPSA) is 32.3 Å². The smallest absolute Gasteiger partial charge is 0.0436 e. The predicted molar refractivity (Wildman–Crippen MR) is 71.7 cm³/mol. The number of rotatable bonds is 11. The van der Waals surface area contributed by atoms with Crippen LogP contribution in [0.5, 0.6) is 0 Å². The van der Waals surface area contributed by atoms with Crippen LogP contribution in [0, 0.1) is 5.41 Å². The Morgan fingerprint density at radius 2 is 1.62 bits per heavy atom. The van der Waals surface area contributed by atoms with E-state index in [0.29, 0.717) is 6.61 Å². The Bertz CT molecular complexity index is 146. The second kappa shape index (κ2) is 10.1. The van der Waals surface area contributed by atoms with Gasteiger partial charge in [0.25, 0.3) is 0 Å². The summed E-state index contributed by atoms with van der Waals surface area (Å²) in [5.41, 5.74) is 0.282. The maximum atomic E-state index is 8.90. The third kappa shape index (κ3) is 10.4. The van der Waals surface area contributed by atoms with Crippen molar-refractivity contribution in [1.29, 1.82) is 0 Å². The van der Waals surface area contributed by atoms with E-state index >= 15 is 0 Å². The molecule has 0 rings (SSSR count). The second-order valence-corrected chi connectivity index (χ2v) is 5.55. The summed E-state index contributed by atoms with van der Waals surface area (Å²) < 4.78 is 0. The van der Waals surface area contributed by atoms with Crippen molar-refractivity contribution < 1.29 is 5.11 Å². The first kappa shape index (κ1) is 15.9. The summed E-state index contributed by atoms with van der Waals surface area (Å²) in [7, 11) is 0. The van der Waals surface area contributed by atoms with Gasteiger partial charge in [0.2, 0.25) is 0 Å². The minimum atomic E-state index is 0.282. The molecule has 0 heterocycles. The van der Waals surface area contributed by atoms with Gasteiger partial charge in [-0.3, -0.25) is 0 Å². The first-order chi connectivity index (χ1) is 7.62. The second-order valence-electron chi connectivity index (χ2n) is 5.55. The molecular weight excluding hydrogens is 198 g/mol. The zero-order valence-corrected chi connectivity index (χ0v) is 11.5. The van der Waals surface area contributed by atoms with Crippen LogP contribution < -0.4 is 5.32 Å². The molecule has 0 fully saturated rings. The molecular formula is C14H31NO. The van der Waals surface area contributed by atoms with Crippen LogP contribution in [0.1, 0.15) is 65.7 Å². The average Bonchev–Trinajstić information content (AvgIpc) is 2.22. The molecule has 16 heavy (non-hydrogen) atoms. The fourth-order valence-corrected chi connectivity index (χ4v) is 1.83. The maximum Gasteiger partial charge on any atom is 0.0436 e. The molecule has 2 N–H and O–H groups in total. The van der Waals surface area contributed by atoms with Crippen LogP contribution in [0.3, 0.4) is 0 Å². The molecule has 0 aliphatic rings. The Hall–Kier alpha value is -0.0800. The number of hydrogen-bond donors (Lipinski definition) is 2. The molecule has 0 aromatic carbocycles. The standard InChI is InChI=1S/C14H31NO/c1-4-5-6-7-8-11-15-12-9-14(2,3)10-13-16/h15-16H,4-13H2,1-3H3. The van der Waals surface area contributed by atoms with E-state index in [0.717, 1.165) is 25.9 Å². The van der Waals surface area contributed by atoms with Crippen LogP contribution >= 0.6 is 0 Å². The van der Waals surface area contributed by atoms with Crippen molar-refractivity contribution in [1.82, 2.24) is 5.32 Å². The average molecular weight is 229 g/mol. The zero-order chi connectivity index (χ0) is 12.3. The molecule has 2 nitrogen and oxygen atoms in total. The SMILES string of the molecule is CCCCCCCNCCC(C)(C)CCO. The van der Waals surface area contributed by atoms with Gasteiger partial charge < -0.3 is 10.4 Å². The molecule has 0 aliphatic heterocycles. The van der Waals surface area contributed by atoms with Gasteiger partial charge in [-0.2, -0.15) is 0 Å². The number of unbranched alkanes of at least 4 members (excludes halogenated alkanes) is 4. The predicted octanol–water partition coefficient (Wildman–Crippen LogP) is 3.35. The van der Waals surface area contributed by atoms with Gasteiger partial charge in [-0.25, -0.2) is 0 Å². The van der Waals surface area contributed by atoms with Gasteiger partial charge in [-0.05, 0) is 37.8 Å². The molecule has 0 amide bonds. The van der Waals surface area contributed by atoms with Gasteiger partial charge >= 0.3 is 0 Å². The third-order valence-corrected chi connectivity index (χ3v) is 3.22. The minimum absolute atomic E-state index is 0.282. The van der Waals surface area contributed by atoms with E-state index in [1.165, 1.54) is 32.1 Å². The van der Waals surface area contributed by atoms with Crippen LogP contribution in [0.15, 0.2) is 0 Å². The van der Waals surface area contributed by atoms with Gasteiger partial charge in [0.15, 0.2) is 0 Å². The molecule has 0 aliphatic carbocycles. The van der Waals surface area contributed by atoms with E-state index in [4.69, 9.17) is 5.11 Å². The largest absolute Gasteiger partial charge is 0.396 e. The monoisotopic (exact) mass is 229 g/mol. The molecule has 0 unspecified atom stereocenters. The van der Waals surface area contributed by atoms with Crippen molar-refractivity contribution in [3.05, 3.63) is 0 Å². The number of nitrogens with one attached hydrogen (secondary N) is 1. The molecule has 0 bridgehead atoms. The van der Waals surface area contributed by atoms with Gasteiger partial charge in [0.1, 0.15) is 0 Å². The Morgan fingerprint density at radius 1 is 0.938 bits per heavy atom. The lowest BCUT2D eigenvalue weighted by Gasteiger charge is -2.23. The van der Waals surface area contributed by atoms with Gasteiger partial charge in [-0.15, -0.1) is 0 Å². The first-order valence-electron chi connectivity index (χ1n) is 6.94. The van der Waals surface area contributed by atoms with Crippen molar-refractivity contribution in [3.8, 4) is 0 Å². The van der Waals surface area contributed by atoms with Gasteiger partial charge in [0, 0.05) is 6.61 Å². The molecule has 0 atom stereocenters. The lowest BCUT2D eigenvalue weighted by molar-refractivity contribution is 0.201. The van der Waals surface area contributed by atoms with Crippen LogP contribution in [0.25, 0.3) is 0 Å². The van der Waals surface area contributed by atoms with Crippen molar-refractivity contribution in [2.24, 2.45) is 5.41 Å². The van der Waals surface area contributed by atoms with Crippen LogP contribution in [-0.4, -0.2) is 24.8 Å². The highest BCUT2D eigenvalue weighted by Crippen LogP contribution is 2.23. The van der Waals surface area contributed by atoms with Gasteiger partial charge in [-0.1, -0.05) is 46.5 Å². The summed E-state index contributed by atoms with van der Waals surface area (Å²) in [4.78, 5) is 0. The normalized spacial score (nSPS) is 12.0. The highest BCUT2D eigenvalue weighted by Gasteiger charge is 2.15. The summed E-state index contributed by atoms with van der Waals surface area (Å²) in [6, 6.07) is 0. The first-order valence-corrected chi connectivity index (χ1v) is 6.94. The third-order valence-electron chi connectivity index (χ3n) is 3.22. The minimum Gasteiger partial charge on any atom is -0.396 e. The number of hydrogen-bond acceptors (Lipinski definition) is 2. The molecule has 0 aromatic heterocycles. The number of aliphatic hydroxyl groups is 1. The molecule has 98 valence electrons. The van der Waals surface area contributed by atoms with Gasteiger partial charge in [0.05, 0.1) is 0 Å². The van der Waals surface area contributed by atoms with Crippen molar-refractivity contribution >= 4 is 0 Å². The van der Waals surface area contributed by atoms with E-state index in [1.807, 2.05) is 0 Å². The Balaban J connectivity index is 3.20. The Labute approximate surface area is 102 Å². The number of aliphatic hydroxyl groups excluding tert-OH is 1. The highest BCUT2D eigenvalue weighted by atomic mass is 16.3. The van der Waals surface area contributed by atoms with Crippen LogP contribution in [-0.2, 0) is 0 Å². The molecule has 0 saturated carbocycles. The van der Waals surface area contributed by atoms with Crippen LogP contribution in [0.2, 0.25) is 0 Å².